The highest BCUT2D eigenvalue weighted by Gasteiger charge is 2.22. The first-order valence-electron chi connectivity index (χ1n) is 6.10. The summed E-state index contributed by atoms with van der Waals surface area (Å²) in [7, 11) is 1.42. The number of nitrogens with zero attached hydrogens (tertiary/aromatic N) is 1. The van der Waals surface area contributed by atoms with Crippen LogP contribution in [0.25, 0.3) is 0 Å². The van der Waals surface area contributed by atoms with Crippen molar-refractivity contribution in [2.75, 3.05) is 40.0 Å². The molecule has 1 aromatic rings. The fourth-order valence-corrected chi connectivity index (χ4v) is 2.28. The Hall–Kier alpha value is -0.910. The lowest BCUT2D eigenvalue weighted by Gasteiger charge is -2.33. The van der Waals surface area contributed by atoms with Gasteiger partial charge in [-0.05, 0) is 17.7 Å². The maximum Gasteiger partial charge on any atom is 0.165 e. The minimum absolute atomic E-state index is 0. The van der Waals surface area contributed by atoms with Crippen molar-refractivity contribution >= 4 is 12.4 Å². The summed E-state index contributed by atoms with van der Waals surface area (Å²) in [6.45, 7) is 2.74. The molecule has 1 aliphatic rings. The Balaban J connectivity index is 0.00000180. The van der Waals surface area contributed by atoms with Crippen molar-refractivity contribution in [3.8, 4) is 5.75 Å². The van der Waals surface area contributed by atoms with Gasteiger partial charge in [-0.2, -0.15) is 0 Å². The zero-order chi connectivity index (χ0) is 13.0. The third-order valence-corrected chi connectivity index (χ3v) is 3.30. The number of piperazine rings is 1. The zero-order valence-electron chi connectivity index (χ0n) is 10.9. The first-order chi connectivity index (χ1) is 8.76. The Labute approximate surface area is 118 Å². The zero-order valence-corrected chi connectivity index (χ0v) is 11.7. The number of alkyl halides is 1. The van der Waals surface area contributed by atoms with E-state index in [1.807, 2.05) is 4.90 Å². The molecule has 1 heterocycles. The maximum atomic E-state index is 13.6. The van der Waals surface area contributed by atoms with Gasteiger partial charge in [-0.1, -0.05) is 6.07 Å². The number of ether oxygens (including phenoxy) is 1. The Morgan fingerprint density at radius 3 is 2.58 bits per heavy atom. The Kier molecular flexibility index (Phi) is 6.48. The minimum Gasteiger partial charge on any atom is -0.494 e. The summed E-state index contributed by atoms with van der Waals surface area (Å²) >= 11 is 0. The van der Waals surface area contributed by atoms with Gasteiger partial charge in [0.1, 0.15) is 6.67 Å². The van der Waals surface area contributed by atoms with Crippen LogP contribution in [0.2, 0.25) is 0 Å². The molecule has 3 nitrogen and oxygen atoms in total. The normalized spacial score (nSPS) is 17.6. The minimum atomic E-state index is -0.508. The average molecular weight is 293 g/mol. The van der Waals surface area contributed by atoms with Crippen LogP contribution in [0.3, 0.4) is 0 Å². The van der Waals surface area contributed by atoms with Crippen LogP contribution in [-0.4, -0.2) is 44.9 Å². The quantitative estimate of drug-likeness (QED) is 0.920. The van der Waals surface area contributed by atoms with E-state index in [1.54, 1.807) is 12.1 Å². The number of hydrogen-bond donors (Lipinski definition) is 1. The molecule has 0 aliphatic carbocycles. The SMILES string of the molecule is COc1ccc([C@H](CF)N2CCNCC2)cc1F.Cl. The van der Waals surface area contributed by atoms with Crippen LogP contribution >= 0.6 is 12.4 Å². The van der Waals surface area contributed by atoms with Gasteiger partial charge in [-0.25, -0.2) is 8.78 Å². The summed E-state index contributed by atoms with van der Waals surface area (Å²) in [5, 5.41) is 3.22. The van der Waals surface area contributed by atoms with E-state index in [4.69, 9.17) is 4.74 Å². The van der Waals surface area contributed by atoms with Crippen LogP contribution < -0.4 is 10.1 Å². The molecule has 1 aliphatic heterocycles. The van der Waals surface area contributed by atoms with Gasteiger partial charge in [-0.3, -0.25) is 4.90 Å². The van der Waals surface area contributed by atoms with E-state index >= 15 is 0 Å². The highest BCUT2D eigenvalue weighted by Crippen LogP contribution is 2.26. The third-order valence-electron chi connectivity index (χ3n) is 3.30. The first kappa shape index (κ1) is 16.1. The van der Waals surface area contributed by atoms with Crippen molar-refractivity contribution < 1.29 is 13.5 Å². The standard InChI is InChI=1S/C13H18F2N2O.ClH/c1-18-13-3-2-10(8-11(13)15)12(9-14)17-6-4-16-5-7-17;/h2-3,8,12,16H,4-7,9H2,1H3;1H/t12-;/m0./s1. The monoisotopic (exact) mass is 292 g/mol. The Morgan fingerprint density at radius 2 is 2.05 bits per heavy atom. The molecule has 2 rings (SSSR count). The van der Waals surface area contributed by atoms with E-state index in [-0.39, 0.29) is 24.2 Å². The molecule has 6 heteroatoms. The molecule has 1 fully saturated rings. The fourth-order valence-electron chi connectivity index (χ4n) is 2.28. The maximum absolute atomic E-state index is 13.6. The second-order valence-electron chi connectivity index (χ2n) is 4.35. The topological polar surface area (TPSA) is 24.5 Å². The van der Waals surface area contributed by atoms with Gasteiger partial charge in [0.05, 0.1) is 13.2 Å². The molecule has 19 heavy (non-hydrogen) atoms. The Bertz CT molecular complexity index is 400. The number of rotatable bonds is 4. The molecule has 0 bridgehead atoms. The molecule has 1 atom stereocenters. The van der Waals surface area contributed by atoms with E-state index < -0.39 is 12.5 Å². The van der Waals surface area contributed by atoms with Gasteiger partial charge in [-0.15, -0.1) is 12.4 Å². The molecule has 0 amide bonds. The van der Waals surface area contributed by atoms with Crippen LogP contribution in [0.5, 0.6) is 5.75 Å². The highest BCUT2D eigenvalue weighted by atomic mass is 35.5. The summed E-state index contributed by atoms with van der Waals surface area (Å²) in [5.74, 6) is -0.250. The van der Waals surface area contributed by atoms with Crippen molar-refractivity contribution in [1.82, 2.24) is 10.2 Å². The lowest BCUT2D eigenvalue weighted by atomic mass is 10.1. The number of benzene rings is 1. The van der Waals surface area contributed by atoms with Gasteiger partial charge in [0.25, 0.3) is 0 Å². The van der Waals surface area contributed by atoms with Crippen molar-refractivity contribution in [3.05, 3.63) is 29.6 Å². The number of hydrogen-bond acceptors (Lipinski definition) is 3. The molecular weight excluding hydrogens is 274 g/mol. The van der Waals surface area contributed by atoms with Gasteiger partial charge in [0.15, 0.2) is 11.6 Å². The van der Waals surface area contributed by atoms with Crippen LogP contribution in [-0.2, 0) is 0 Å². The average Bonchev–Trinajstić information content (AvgIpc) is 2.41. The number of methoxy groups -OCH3 is 1. The van der Waals surface area contributed by atoms with Gasteiger partial charge in [0.2, 0.25) is 0 Å². The summed E-state index contributed by atoms with van der Waals surface area (Å²) in [6, 6.07) is 4.28. The molecule has 1 saturated heterocycles. The molecule has 0 saturated carbocycles. The molecule has 1 aromatic carbocycles. The van der Waals surface area contributed by atoms with Crippen LogP contribution in [0.4, 0.5) is 8.78 Å². The van der Waals surface area contributed by atoms with Crippen molar-refractivity contribution in [3.63, 3.8) is 0 Å². The number of halogens is 3. The van der Waals surface area contributed by atoms with E-state index in [2.05, 4.69) is 5.32 Å². The van der Waals surface area contributed by atoms with Crippen LogP contribution in [0.1, 0.15) is 11.6 Å². The molecule has 108 valence electrons. The van der Waals surface area contributed by atoms with Gasteiger partial charge in [0, 0.05) is 26.2 Å². The van der Waals surface area contributed by atoms with Crippen LogP contribution in [0, 0.1) is 5.82 Å². The van der Waals surface area contributed by atoms with Crippen molar-refractivity contribution in [2.24, 2.45) is 0 Å². The predicted octanol–water partition coefficient (Wildman–Crippen LogP) is 2.17. The first-order valence-corrected chi connectivity index (χ1v) is 6.10. The van der Waals surface area contributed by atoms with Gasteiger partial charge >= 0.3 is 0 Å². The van der Waals surface area contributed by atoms with Crippen molar-refractivity contribution in [1.29, 1.82) is 0 Å². The molecular formula is C13H19ClF2N2O. The summed E-state index contributed by atoms with van der Waals surface area (Å²) < 4.78 is 31.7. The summed E-state index contributed by atoms with van der Waals surface area (Å²) in [6.07, 6.45) is 0. The van der Waals surface area contributed by atoms with Crippen molar-refractivity contribution in [2.45, 2.75) is 6.04 Å². The smallest absolute Gasteiger partial charge is 0.165 e. The summed E-state index contributed by atoms with van der Waals surface area (Å²) in [5.41, 5.74) is 0.665. The van der Waals surface area contributed by atoms with E-state index in [1.165, 1.54) is 13.2 Å². The molecule has 0 spiro atoms. The van der Waals surface area contributed by atoms with Gasteiger partial charge < -0.3 is 10.1 Å². The van der Waals surface area contributed by atoms with E-state index in [0.717, 1.165) is 26.2 Å². The third kappa shape index (κ3) is 3.78. The number of nitrogens with one attached hydrogen (secondary N) is 1. The van der Waals surface area contributed by atoms with E-state index in [0.29, 0.717) is 5.56 Å². The molecule has 0 aromatic heterocycles. The van der Waals surface area contributed by atoms with Crippen LogP contribution in [0.15, 0.2) is 18.2 Å². The molecule has 0 unspecified atom stereocenters. The highest BCUT2D eigenvalue weighted by molar-refractivity contribution is 5.85. The summed E-state index contributed by atoms with van der Waals surface area (Å²) in [4.78, 5) is 2.04. The second kappa shape index (κ2) is 7.62. The largest absolute Gasteiger partial charge is 0.494 e. The predicted molar refractivity (Wildman–Crippen MR) is 73.4 cm³/mol. The second-order valence-corrected chi connectivity index (χ2v) is 4.35. The molecule has 0 radical (unpaired) electrons. The Morgan fingerprint density at radius 1 is 1.37 bits per heavy atom. The molecule has 1 N–H and O–H groups in total. The fraction of sp³-hybridized carbons (Fsp3) is 0.538. The lowest BCUT2D eigenvalue weighted by Crippen LogP contribution is -2.45. The van der Waals surface area contributed by atoms with E-state index in [9.17, 15) is 8.78 Å². The lowest BCUT2D eigenvalue weighted by molar-refractivity contribution is 0.147.